The number of para-hydroxylation sites is 1. The Morgan fingerprint density at radius 1 is 1.17 bits per heavy atom. The second kappa shape index (κ2) is 7.76. The van der Waals surface area contributed by atoms with Gasteiger partial charge >= 0.3 is 0 Å². The third-order valence-electron chi connectivity index (χ3n) is 3.53. The molecule has 23 heavy (non-hydrogen) atoms. The summed E-state index contributed by atoms with van der Waals surface area (Å²) in [6, 6.07) is 17.0. The zero-order chi connectivity index (χ0) is 15.9. The Hall–Kier alpha value is -2.37. The molecule has 5 heteroatoms. The Bertz CT molecular complexity index is 640. The average Bonchev–Trinajstić information content (AvgIpc) is 2.57. The molecule has 2 aromatic rings. The van der Waals surface area contributed by atoms with Gasteiger partial charge in [-0.3, -0.25) is 4.79 Å². The third kappa shape index (κ3) is 4.81. The molecule has 1 heterocycles. The molecular weight excluding hydrogens is 292 g/mol. The summed E-state index contributed by atoms with van der Waals surface area (Å²) in [5.41, 5.74) is 0.722. The molecule has 3 rings (SSSR count). The van der Waals surface area contributed by atoms with Crippen molar-refractivity contribution < 1.29 is 14.3 Å². The molecule has 1 aliphatic rings. The maximum Gasteiger partial charge on any atom is 0.226 e. The minimum Gasteiger partial charge on any atom is -0.457 e. The van der Waals surface area contributed by atoms with Gasteiger partial charge < -0.3 is 20.1 Å². The predicted molar refractivity (Wildman–Crippen MR) is 88.8 cm³/mol. The van der Waals surface area contributed by atoms with Crippen LogP contribution in [0.1, 0.15) is 6.42 Å². The molecule has 2 aromatic carbocycles. The highest BCUT2D eigenvalue weighted by atomic mass is 16.5. The molecule has 0 saturated carbocycles. The van der Waals surface area contributed by atoms with Crippen molar-refractivity contribution in [3.05, 3.63) is 54.6 Å². The molecule has 1 unspecified atom stereocenters. The van der Waals surface area contributed by atoms with E-state index in [4.69, 9.17) is 9.47 Å². The molecule has 0 spiro atoms. The first kappa shape index (κ1) is 15.5. The molecule has 0 radical (unpaired) electrons. The Morgan fingerprint density at radius 3 is 2.78 bits per heavy atom. The third-order valence-corrected chi connectivity index (χ3v) is 3.53. The first-order valence-corrected chi connectivity index (χ1v) is 7.73. The number of hydrogen-bond donors (Lipinski definition) is 2. The summed E-state index contributed by atoms with van der Waals surface area (Å²) in [7, 11) is 0. The van der Waals surface area contributed by atoms with Crippen LogP contribution in [0.2, 0.25) is 0 Å². The Balaban J connectivity index is 1.57. The highest BCUT2D eigenvalue weighted by Gasteiger charge is 2.16. The smallest absolute Gasteiger partial charge is 0.226 e. The lowest BCUT2D eigenvalue weighted by molar-refractivity contribution is -0.117. The minimum absolute atomic E-state index is 0.0372. The summed E-state index contributed by atoms with van der Waals surface area (Å²) in [4.78, 5) is 12.1. The summed E-state index contributed by atoms with van der Waals surface area (Å²) in [5.74, 6) is 1.41. The number of hydrogen-bond acceptors (Lipinski definition) is 4. The fraction of sp³-hybridized carbons (Fsp3) is 0.278. The van der Waals surface area contributed by atoms with E-state index in [0.29, 0.717) is 25.4 Å². The molecule has 1 aliphatic heterocycles. The van der Waals surface area contributed by atoms with Crippen molar-refractivity contribution >= 4 is 11.6 Å². The van der Waals surface area contributed by atoms with E-state index in [9.17, 15) is 4.79 Å². The molecular formula is C18H20N2O3. The van der Waals surface area contributed by atoms with Crippen LogP contribution < -0.4 is 15.4 Å². The van der Waals surface area contributed by atoms with Gasteiger partial charge in [0.1, 0.15) is 11.5 Å². The molecule has 120 valence electrons. The van der Waals surface area contributed by atoms with Gasteiger partial charge in [0, 0.05) is 30.8 Å². The monoisotopic (exact) mass is 312 g/mol. The lowest BCUT2D eigenvalue weighted by atomic mass is 10.2. The number of rotatable bonds is 5. The van der Waals surface area contributed by atoms with Gasteiger partial charge in [-0.2, -0.15) is 0 Å². The van der Waals surface area contributed by atoms with Crippen molar-refractivity contribution in [1.82, 2.24) is 5.32 Å². The quantitative estimate of drug-likeness (QED) is 0.891. The van der Waals surface area contributed by atoms with Crippen LogP contribution >= 0.6 is 0 Å². The van der Waals surface area contributed by atoms with Crippen LogP contribution in [0.5, 0.6) is 11.5 Å². The van der Waals surface area contributed by atoms with Crippen LogP contribution in [-0.4, -0.2) is 31.7 Å². The van der Waals surface area contributed by atoms with E-state index < -0.39 is 0 Å². The molecule has 1 amide bonds. The molecule has 1 saturated heterocycles. The van der Waals surface area contributed by atoms with Gasteiger partial charge in [0.2, 0.25) is 5.91 Å². The van der Waals surface area contributed by atoms with Gasteiger partial charge in [0.15, 0.2) is 0 Å². The molecule has 0 aromatic heterocycles. The van der Waals surface area contributed by atoms with E-state index in [2.05, 4.69) is 10.6 Å². The predicted octanol–water partition coefficient (Wildman–Crippen LogP) is 2.80. The van der Waals surface area contributed by atoms with E-state index in [1.54, 1.807) is 0 Å². The number of anilines is 1. The van der Waals surface area contributed by atoms with Crippen LogP contribution in [-0.2, 0) is 9.53 Å². The van der Waals surface area contributed by atoms with Crippen molar-refractivity contribution in [3.8, 4) is 11.5 Å². The highest BCUT2D eigenvalue weighted by molar-refractivity contribution is 5.91. The number of nitrogens with one attached hydrogen (secondary N) is 2. The lowest BCUT2D eigenvalue weighted by Crippen LogP contribution is -2.43. The van der Waals surface area contributed by atoms with Gasteiger partial charge in [0.25, 0.3) is 0 Å². The molecule has 2 N–H and O–H groups in total. The van der Waals surface area contributed by atoms with Crippen molar-refractivity contribution in [2.45, 2.75) is 12.5 Å². The summed E-state index contributed by atoms with van der Waals surface area (Å²) in [6.45, 7) is 2.07. The van der Waals surface area contributed by atoms with Crippen LogP contribution in [0.25, 0.3) is 0 Å². The van der Waals surface area contributed by atoms with E-state index >= 15 is 0 Å². The Morgan fingerprint density at radius 2 is 2.00 bits per heavy atom. The Labute approximate surface area is 135 Å². The minimum atomic E-state index is -0.0372. The fourth-order valence-corrected chi connectivity index (χ4v) is 2.45. The van der Waals surface area contributed by atoms with Gasteiger partial charge in [-0.25, -0.2) is 0 Å². The highest BCUT2D eigenvalue weighted by Crippen LogP contribution is 2.23. The van der Waals surface area contributed by atoms with Crippen LogP contribution in [0, 0.1) is 0 Å². The second-order valence-corrected chi connectivity index (χ2v) is 5.42. The second-order valence-electron chi connectivity index (χ2n) is 5.42. The summed E-state index contributed by atoms with van der Waals surface area (Å²) in [6.07, 6.45) is 0.393. The van der Waals surface area contributed by atoms with Gasteiger partial charge in [-0.1, -0.05) is 24.3 Å². The first-order valence-electron chi connectivity index (χ1n) is 7.73. The lowest BCUT2D eigenvalue weighted by Gasteiger charge is -2.23. The fourth-order valence-electron chi connectivity index (χ4n) is 2.45. The molecule has 5 nitrogen and oxygen atoms in total. The maximum atomic E-state index is 12.1. The van der Waals surface area contributed by atoms with E-state index in [1.165, 1.54) is 0 Å². The summed E-state index contributed by atoms with van der Waals surface area (Å²) < 4.78 is 11.1. The van der Waals surface area contributed by atoms with Crippen molar-refractivity contribution in [1.29, 1.82) is 0 Å². The summed E-state index contributed by atoms with van der Waals surface area (Å²) in [5, 5.41) is 6.17. The van der Waals surface area contributed by atoms with Gasteiger partial charge in [-0.15, -0.1) is 0 Å². The maximum absolute atomic E-state index is 12.1. The Kier molecular flexibility index (Phi) is 5.24. The zero-order valence-corrected chi connectivity index (χ0v) is 12.8. The molecule has 0 aliphatic carbocycles. The average molecular weight is 312 g/mol. The largest absolute Gasteiger partial charge is 0.457 e. The number of morpholine rings is 1. The van der Waals surface area contributed by atoms with Crippen LogP contribution in [0.4, 0.5) is 5.69 Å². The van der Waals surface area contributed by atoms with Crippen LogP contribution in [0.15, 0.2) is 54.6 Å². The zero-order valence-electron chi connectivity index (χ0n) is 12.8. The molecule has 1 fully saturated rings. The van der Waals surface area contributed by atoms with E-state index in [-0.39, 0.29) is 11.9 Å². The number of amides is 1. The first-order chi connectivity index (χ1) is 11.3. The van der Waals surface area contributed by atoms with E-state index in [1.807, 2.05) is 54.6 Å². The van der Waals surface area contributed by atoms with Crippen molar-refractivity contribution in [2.75, 3.05) is 25.1 Å². The number of ether oxygens (including phenoxy) is 2. The number of carbonyl (C=O) groups excluding carboxylic acids is 1. The van der Waals surface area contributed by atoms with Crippen LogP contribution in [0.3, 0.4) is 0 Å². The normalized spacial score (nSPS) is 17.5. The van der Waals surface area contributed by atoms with Crippen molar-refractivity contribution in [3.63, 3.8) is 0 Å². The molecule has 1 atom stereocenters. The van der Waals surface area contributed by atoms with Crippen molar-refractivity contribution in [2.24, 2.45) is 0 Å². The van der Waals surface area contributed by atoms with Gasteiger partial charge in [-0.05, 0) is 24.3 Å². The van der Waals surface area contributed by atoms with Gasteiger partial charge in [0.05, 0.1) is 13.2 Å². The molecule has 0 bridgehead atoms. The topological polar surface area (TPSA) is 59.6 Å². The van der Waals surface area contributed by atoms with E-state index in [0.717, 1.165) is 18.0 Å². The standard InChI is InChI=1S/C18H20N2O3/c21-18(12-15-13-22-10-9-19-15)20-14-5-4-8-17(11-14)23-16-6-2-1-3-7-16/h1-8,11,15,19H,9-10,12-13H2,(H,20,21). The SMILES string of the molecule is O=C(CC1COCCN1)Nc1cccc(Oc2ccccc2)c1. The summed E-state index contributed by atoms with van der Waals surface area (Å²) >= 11 is 0. The number of carbonyl (C=O) groups is 1. The number of benzene rings is 2.